The highest BCUT2D eigenvalue weighted by atomic mass is 19.1. The van der Waals surface area contributed by atoms with E-state index in [9.17, 15) is 8.78 Å². The molecule has 0 N–H and O–H groups in total. The molecule has 0 bridgehead atoms. The fourth-order valence-electron chi connectivity index (χ4n) is 2.75. The van der Waals surface area contributed by atoms with Crippen molar-refractivity contribution in [3.63, 3.8) is 0 Å². The van der Waals surface area contributed by atoms with E-state index in [1.165, 1.54) is 0 Å². The minimum atomic E-state index is -0.993. The molecule has 2 heteroatoms. The smallest absolute Gasteiger partial charge is 0.108 e. The van der Waals surface area contributed by atoms with Crippen LogP contribution in [-0.2, 0) is 0 Å². The van der Waals surface area contributed by atoms with Gasteiger partial charge in [-0.15, -0.1) is 0 Å². The first-order valence-corrected chi connectivity index (χ1v) is 7.29. The summed E-state index contributed by atoms with van der Waals surface area (Å²) in [6, 6.07) is 0. The van der Waals surface area contributed by atoms with E-state index in [-0.39, 0.29) is 0 Å². The molecule has 1 rings (SSSR count). The summed E-state index contributed by atoms with van der Waals surface area (Å²) in [6.45, 7) is 3.46. The summed E-state index contributed by atoms with van der Waals surface area (Å²) in [7, 11) is 0. The van der Waals surface area contributed by atoms with Crippen molar-refractivity contribution in [1.82, 2.24) is 0 Å². The van der Waals surface area contributed by atoms with Crippen LogP contribution < -0.4 is 0 Å². The Kier molecular flexibility index (Phi) is 5.88. The monoisotopic (exact) mass is 246 g/mol. The summed E-state index contributed by atoms with van der Waals surface area (Å²) in [5.74, 6) is 0. The fourth-order valence-corrected chi connectivity index (χ4v) is 2.75. The second kappa shape index (κ2) is 6.70. The van der Waals surface area contributed by atoms with E-state index in [1.807, 2.05) is 0 Å². The SMILES string of the molecule is CC1(F)CCCCCC[C@](C)(F)CCCCC1. The fraction of sp³-hybridized carbons (Fsp3) is 1.00. The summed E-state index contributed by atoms with van der Waals surface area (Å²) in [4.78, 5) is 0. The zero-order valence-corrected chi connectivity index (χ0v) is 11.5. The average molecular weight is 246 g/mol. The van der Waals surface area contributed by atoms with E-state index < -0.39 is 11.3 Å². The molecule has 0 nitrogen and oxygen atoms in total. The standard InChI is InChI=1S/C15H28F2/c1-14(16)10-6-3-4-7-11-15(2,17)13-9-5-8-12-14/h3-13H2,1-2H3/t14-,15?/m0/s1. The van der Waals surface area contributed by atoms with Crippen molar-refractivity contribution in [2.24, 2.45) is 0 Å². The lowest BCUT2D eigenvalue weighted by Crippen LogP contribution is -2.18. The topological polar surface area (TPSA) is 0 Å². The summed E-state index contributed by atoms with van der Waals surface area (Å²) < 4.78 is 28.1. The molecular formula is C15H28F2. The van der Waals surface area contributed by atoms with E-state index in [1.54, 1.807) is 13.8 Å². The third-order valence-electron chi connectivity index (χ3n) is 4.04. The van der Waals surface area contributed by atoms with Gasteiger partial charge in [-0.2, -0.15) is 0 Å². The van der Waals surface area contributed by atoms with E-state index in [0.29, 0.717) is 25.7 Å². The third-order valence-corrected chi connectivity index (χ3v) is 4.04. The normalized spacial score (nSPS) is 38.8. The van der Waals surface area contributed by atoms with Gasteiger partial charge in [0.25, 0.3) is 0 Å². The Morgan fingerprint density at radius 2 is 0.765 bits per heavy atom. The van der Waals surface area contributed by atoms with Gasteiger partial charge >= 0.3 is 0 Å². The molecular weight excluding hydrogens is 218 g/mol. The van der Waals surface area contributed by atoms with Crippen LogP contribution in [-0.4, -0.2) is 11.3 Å². The molecule has 102 valence electrons. The highest BCUT2D eigenvalue weighted by Gasteiger charge is 2.24. The maximum Gasteiger partial charge on any atom is 0.108 e. The summed E-state index contributed by atoms with van der Waals surface area (Å²) in [5, 5.41) is 0. The summed E-state index contributed by atoms with van der Waals surface area (Å²) >= 11 is 0. The van der Waals surface area contributed by atoms with Gasteiger partial charge in [-0.1, -0.05) is 44.9 Å². The first-order chi connectivity index (χ1) is 7.91. The molecule has 0 aliphatic heterocycles. The molecule has 1 unspecified atom stereocenters. The number of alkyl halides is 2. The molecule has 0 aromatic rings. The van der Waals surface area contributed by atoms with Crippen LogP contribution in [0.1, 0.15) is 84.5 Å². The lowest BCUT2D eigenvalue weighted by atomic mass is 9.93. The average Bonchev–Trinajstić information content (AvgIpc) is 2.22. The molecule has 0 spiro atoms. The van der Waals surface area contributed by atoms with Gasteiger partial charge in [-0.05, 0) is 39.5 Å². The lowest BCUT2D eigenvalue weighted by Gasteiger charge is -2.20. The Morgan fingerprint density at radius 3 is 1.06 bits per heavy atom. The van der Waals surface area contributed by atoms with Crippen LogP contribution in [0.25, 0.3) is 0 Å². The summed E-state index contributed by atoms with van der Waals surface area (Å²) in [5.41, 5.74) is -1.99. The van der Waals surface area contributed by atoms with E-state index in [4.69, 9.17) is 0 Å². The molecule has 1 fully saturated rings. The highest BCUT2D eigenvalue weighted by molar-refractivity contribution is 4.76. The molecule has 0 aromatic heterocycles. The predicted molar refractivity (Wildman–Crippen MR) is 69.8 cm³/mol. The van der Waals surface area contributed by atoms with Crippen molar-refractivity contribution in [2.45, 2.75) is 95.8 Å². The number of halogens is 2. The lowest BCUT2D eigenvalue weighted by molar-refractivity contribution is 0.147. The van der Waals surface area contributed by atoms with Gasteiger partial charge in [0.1, 0.15) is 11.3 Å². The Balaban J connectivity index is 2.40. The largest absolute Gasteiger partial charge is 0.244 e. The first kappa shape index (κ1) is 14.9. The van der Waals surface area contributed by atoms with Crippen LogP contribution >= 0.6 is 0 Å². The van der Waals surface area contributed by atoms with Crippen molar-refractivity contribution >= 4 is 0 Å². The van der Waals surface area contributed by atoms with Gasteiger partial charge in [-0.3, -0.25) is 0 Å². The van der Waals surface area contributed by atoms with Crippen molar-refractivity contribution < 1.29 is 8.78 Å². The second-order valence-corrected chi connectivity index (χ2v) is 6.30. The molecule has 1 saturated carbocycles. The molecule has 0 aromatic carbocycles. The minimum absolute atomic E-state index is 0.649. The predicted octanol–water partition coefficient (Wildman–Crippen LogP) is 5.75. The second-order valence-electron chi connectivity index (χ2n) is 6.30. The van der Waals surface area contributed by atoms with Gasteiger partial charge in [-0.25, -0.2) is 8.78 Å². The Hall–Kier alpha value is -0.140. The van der Waals surface area contributed by atoms with Gasteiger partial charge < -0.3 is 0 Å². The third kappa shape index (κ3) is 7.00. The Bertz CT molecular complexity index is 187. The Labute approximate surface area is 105 Å². The highest BCUT2D eigenvalue weighted by Crippen LogP contribution is 2.30. The van der Waals surface area contributed by atoms with Crippen molar-refractivity contribution in [1.29, 1.82) is 0 Å². The molecule has 0 heterocycles. The van der Waals surface area contributed by atoms with Crippen LogP contribution in [0.4, 0.5) is 8.78 Å². The van der Waals surface area contributed by atoms with E-state index >= 15 is 0 Å². The molecule has 17 heavy (non-hydrogen) atoms. The molecule has 2 atom stereocenters. The number of hydrogen-bond acceptors (Lipinski definition) is 0. The van der Waals surface area contributed by atoms with Crippen LogP contribution in [0.15, 0.2) is 0 Å². The summed E-state index contributed by atoms with van der Waals surface area (Å²) in [6.07, 6.45) is 9.45. The van der Waals surface area contributed by atoms with Crippen LogP contribution in [0.2, 0.25) is 0 Å². The zero-order chi connectivity index (χ0) is 12.8. The van der Waals surface area contributed by atoms with Gasteiger partial charge in [0.05, 0.1) is 0 Å². The number of rotatable bonds is 0. The molecule has 0 amide bonds. The van der Waals surface area contributed by atoms with Gasteiger partial charge in [0.2, 0.25) is 0 Å². The van der Waals surface area contributed by atoms with Crippen LogP contribution in [0.5, 0.6) is 0 Å². The molecule has 0 radical (unpaired) electrons. The minimum Gasteiger partial charge on any atom is -0.244 e. The van der Waals surface area contributed by atoms with Gasteiger partial charge in [0, 0.05) is 0 Å². The van der Waals surface area contributed by atoms with Crippen LogP contribution in [0.3, 0.4) is 0 Å². The van der Waals surface area contributed by atoms with Crippen LogP contribution in [0, 0.1) is 0 Å². The van der Waals surface area contributed by atoms with E-state index in [0.717, 1.165) is 44.9 Å². The van der Waals surface area contributed by atoms with Crippen molar-refractivity contribution in [2.75, 3.05) is 0 Å². The molecule has 1 aliphatic rings. The first-order valence-electron chi connectivity index (χ1n) is 7.29. The van der Waals surface area contributed by atoms with Crippen molar-refractivity contribution in [3.05, 3.63) is 0 Å². The zero-order valence-electron chi connectivity index (χ0n) is 11.5. The molecule has 1 aliphatic carbocycles. The Morgan fingerprint density at radius 1 is 0.529 bits per heavy atom. The number of hydrogen-bond donors (Lipinski definition) is 0. The van der Waals surface area contributed by atoms with E-state index in [2.05, 4.69) is 0 Å². The quantitative estimate of drug-likeness (QED) is 0.510. The molecule has 0 saturated heterocycles. The van der Waals surface area contributed by atoms with Crippen molar-refractivity contribution in [3.8, 4) is 0 Å². The van der Waals surface area contributed by atoms with Gasteiger partial charge in [0.15, 0.2) is 0 Å². The maximum atomic E-state index is 14.0. The maximum absolute atomic E-state index is 14.0.